The van der Waals surface area contributed by atoms with Gasteiger partial charge in [-0.05, 0) is 19.9 Å². The van der Waals surface area contributed by atoms with Crippen molar-refractivity contribution in [1.29, 1.82) is 0 Å². The Labute approximate surface area is 65.6 Å². The van der Waals surface area contributed by atoms with Gasteiger partial charge in [-0.25, -0.2) is 0 Å². The summed E-state index contributed by atoms with van der Waals surface area (Å²) in [5.41, 5.74) is 0. The first kappa shape index (κ1) is 9.56. The quantitative estimate of drug-likeness (QED) is 0.435. The number of ether oxygens (including phenoxy) is 2. The minimum atomic E-state index is 0.720. The molecule has 0 saturated heterocycles. The Morgan fingerprint density at radius 1 is 1.40 bits per heavy atom. The second-order valence-electron chi connectivity index (χ2n) is 1.83. The molecule has 0 aromatic carbocycles. The fourth-order valence-electron chi connectivity index (χ4n) is 0.581. The van der Waals surface area contributed by atoms with E-state index in [2.05, 4.69) is 0 Å². The molecule has 0 aliphatic carbocycles. The lowest BCUT2D eigenvalue weighted by molar-refractivity contribution is 0.193. The second-order valence-corrected chi connectivity index (χ2v) is 2.53. The highest BCUT2D eigenvalue weighted by Gasteiger charge is 1.90. The molecule has 0 bridgehead atoms. The Bertz CT molecular complexity index is 102. The zero-order chi connectivity index (χ0) is 7.82. The molecular formula is C7H16O2Si. The van der Waals surface area contributed by atoms with Crippen molar-refractivity contribution in [3.05, 3.63) is 12.0 Å². The molecule has 60 valence electrons. The second kappa shape index (κ2) is 6.67. The highest BCUT2D eigenvalue weighted by Crippen LogP contribution is 2.00. The Morgan fingerprint density at radius 2 is 2.10 bits per heavy atom. The fourth-order valence-corrected chi connectivity index (χ4v) is 0.952. The van der Waals surface area contributed by atoms with Crippen molar-refractivity contribution < 1.29 is 9.47 Å². The molecule has 3 heteroatoms. The summed E-state index contributed by atoms with van der Waals surface area (Å²) in [6, 6.07) is 1.04. The van der Waals surface area contributed by atoms with Crippen molar-refractivity contribution in [1.82, 2.24) is 0 Å². The monoisotopic (exact) mass is 160 g/mol. The first-order chi connectivity index (χ1) is 4.85. The lowest BCUT2D eigenvalue weighted by Crippen LogP contribution is -1.92. The van der Waals surface area contributed by atoms with Gasteiger partial charge in [-0.15, -0.1) is 0 Å². The maximum Gasteiger partial charge on any atom is 0.127 e. The molecule has 0 atom stereocenters. The van der Waals surface area contributed by atoms with E-state index in [1.54, 1.807) is 6.26 Å². The lowest BCUT2D eigenvalue weighted by Gasteiger charge is -2.04. The molecule has 0 spiro atoms. The number of allylic oxidation sites excluding steroid dienone is 1. The van der Waals surface area contributed by atoms with Gasteiger partial charge in [-0.2, -0.15) is 0 Å². The summed E-state index contributed by atoms with van der Waals surface area (Å²) < 4.78 is 10.3. The van der Waals surface area contributed by atoms with Gasteiger partial charge in [-0.1, -0.05) is 0 Å². The smallest absolute Gasteiger partial charge is 0.127 e. The number of hydrogen-bond donors (Lipinski definition) is 0. The molecule has 0 aliphatic rings. The molecule has 0 unspecified atom stereocenters. The highest BCUT2D eigenvalue weighted by atomic mass is 28.1. The van der Waals surface area contributed by atoms with E-state index in [1.807, 2.05) is 13.8 Å². The molecule has 0 aliphatic heterocycles. The van der Waals surface area contributed by atoms with E-state index in [0.717, 1.165) is 35.3 Å². The maximum atomic E-state index is 5.26. The summed E-state index contributed by atoms with van der Waals surface area (Å²) in [5, 5.41) is 0. The predicted octanol–water partition coefficient (Wildman–Crippen LogP) is 0.684. The molecule has 0 rings (SSSR count). The van der Waals surface area contributed by atoms with Gasteiger partial charge in [-0.3, -0.25) is 0 Å². The van der Waals surface area contributed by atoms with Crippen LogP contribution in [0.2, 0.25) is 6.04 Å². The molecule has 0 amide bonds. The van der Waals surface area contributed by atoms with Gasteiger partial charge in [0.05, 0.1) is 13.2 Å². The van der Waals surface area contributed by atoms with E-state index < -0.39 is 0 Å². The molecule has 10 heavy (non-hydrogen) atoms. The summed E-state index contributed by atoms with van der Waals surface area (Å²) in [5.74, 6) is 0.982. The number of rotatable bonds is 5. The third-order valence-corrected chi connectivity index (χ3v) is 1.76. The Morgan fingerprint density at radius 3 is 2.50 bits per heavy atom. The van der Waals surface area contributed by atoms with Crippen LogP contribution in [0.25, 0.3) is 0 Å². The average molecular weight is 160 g/mol. The molecular weight excluding hydrogens is 144 g/mol. The zero-order valence-electron chi connectivity index (χ0n) is 7.02. The van der Waals surface area contributed by atoms with Gasteiger partial charge >= 0.3 is 0 Å². The van der Waals surface area contributed by atoms with Crippen molar-refractivity contribution in [2.45, 2.75) is 19.9 Å². The van der Waals surface area contributed by atoms with E-state index in [0.29, 0.717) is 0 Å². The lowest BCUT2D eigenvalue weighted by atomic mass is 10.6. The van der Waals surface area contributed by atoms with Crippen LogP contribution >= 0.6 is 0 Å². The van der Waals surface area contributed by atoms with Crippen LogP contribution in [0.15, 0.2) is 12.0 Å². The molecule has 0 heterocycles. The number of hydrogen-bond acceptors (Lipinski definition) is 2. The topological polar surface area (TPSA) is 18.5 Å². The summed E-state index contributed by atoms with van der Waals surface area (Å²) in [6.07, 6.45) is 1.72. The van der Waals surface area contributed by atoms with E-state index >= 15 is 0 Å². The minimum Gasteiger partial charge on any atom is -0.498 e. The standard InChI is InChI=1S/C7H16O2Si/c1-3-8-5-7(6-10)9-4-2/h5H,3-4,6H2,1-2,10H3. The van der Waals surface area contributed by atoms with Crippen molar-refractivity contribution in [2.75, 3.05) is 13.2 Å². The normalized spacial score (nSPS) is 11.6. The van der Waals surface area contributed by atoms with E-state index in [1.165, 1.54) is 0 Å². The fraction of sp³-hybridized carbons (Fsp3) is 0.714. The zero-order valence-corrected chi connectivity index (χ0v) is 9.02. The van der Waals surface area contributed by atoms with E-state index in [-0.39, 0.29) is 0 Å². The summed E-state index contributed by atoms with van der Waals surface area (Å²) >= 11 is 0. The maximum absolute atomic E-state index is 5.26. The molecule has 2 nitrogen and oxygen atoms in total. The van der Waals surface area contributed by atoms with Gasteiger partial charge < -0.3 is 9.47 Å². The van der Waals surface area contributed by atoms with Crippen LogP contribution in [-0.2, 0) is 9.47 Å². The van der Waals surface area contributed by atoms with Crippen LogP contribution in [0.1, 0.15) is 13.8 Å². The largest absolute Gasteiger partial charge is 0.498 e. The van der Waals surface area contributed by atoms with Crippen LogP contribution in [0, 0.1) is 0 Å². The summed E-state index contributed by atoms with van der Waals surface area (Å²) in [7, 11) is 1.13. The summed E-state index contributed by atoms with van der Waals surface area (Å²) in [4.78, 5) is 0. The SMILES string of the molecule is CCOC=C(C[SiH3])OCC. The van der Waals surface area contributed by atoms with E-state index in [9.17, 15) is 0 Å². The highest BCUT2D eigenvalue weighted by molar-refractivity contribution is 6.09. The van der Waals surface area contributed by atoms with Gasteiger partial charge in [0.2, 0.25) is 0 Å². The van der Waals surface area contributed by atoms with Crippen molar-refractivity contribution in [3.63, 3.8) is 0 Å². The van der Waals surface area contributed by atoms with Crippen LogP contribution in [0.3, 0.4) is 0 Å². The minimum absolute atomic E-state index is 0.720. The third kappa shape index (κ3) is 4.44. The Hall–Kier alpha value is -0.443. The average Bonchev–Trinajstić information content (AvgIpc) is 1.98. The molecule has 0 fully saturated rings. The first-order valence-electron chi connectivity index (χ1n) is 3.78. The van der Waals surface area contributed by atoms with Crippen molar-refractivity contribution >= 4 is 10.2 Å². The third-order valence-electron chi connectivity index (χ3n) is 1.06. The van der Waals surface area contributed by atoms with Gasteiger partial charge in [0.25, 0.3) is 0 Å². The van der Waals surface area contributed by atoms with Crippen LogP contribution in [0.5, 0.6) is 0 Å². The first-order valence-corrected chi connectivity index (χ1v) is 5.19. The van der Waals surface area contributed by atoms with Crippen LogP contribution < -0.4 is 0 Å². The van der Waals surface area contributed by atoms with Gasteiger partial charge in [0.15, 0.2) is 0 Å². The van der Waals surface area contributed by atoms with Crippen LogP contribution in [-0.4, -0.2) is 23.5 Å². The van der Waals surface area contributed by atoms with E-state index in [4.69, 9.17) is 9.47 Å². The van der Waals surface area contributed by atoms with Crippen molar-refractivity contribution in [3.8, 4) is 0 Å². The molecule has 0 radical (unpaired) electrons. The molecule has 0 aromatic rings. The molecule has 0 saturated carbocycles. The Kier molecular flexibility index (Phi) is 6.38. The summed E-state index contributed by atoms with van der Waals surface area (Å²) in [6.45, 7) is 5.41. The van der Waals surface area contributed by atoms with Crippen LogP contribution in [0.4, 0.5) is 0 Å². The molecule has 0 aromatic heterocycles. The van der Waals surface area contributed by atoms with Gasteiger partial charge in [0.1, 0.15) is 12.0 Å². The molecule has 0 N–H and O–H groups in total. The van der Waals surface area contributed by atoms with Gasteiger partial charge in [0, 0.05) is 10.2 Å². The Balaban J connectivity index is 3.55. The predicted molar refractivity (Wildman–Crippen MR) is 46.1 cm³/mol. The van der Waals surface area contributed by atoms with Crippen molar-refractivity contribution in [2.24, 2.45) is 0 Å².